The molecule has 0 atom stereocenters. The summed E-state index contributed by atoms with van der Waals surface area (Å²) in [6.45, 7) is 5.02. The van der Waals surface area contributed by atoms with Gasteiger partial charge >= 0.3 is 4.87 Å². The maximum Gasteiger partial charge on any atom is 0.308 e. The quantitative estimate of drug-likeness (QED) is 0.720. The number of hydrogen-bond donors (Lipinski definition) is 0. The van der Waals surface area contributed by atoms with Crippen LogP contribution in [0.15, 0.2) is 27.9 Å². The number of amides is 1. The van der Waals surface area contributed by atoms with Gasteiger partial charge in [0.1, 0.15) is 0 Å². The first-order valence-corrected chi connectivity index (χ1v) is 12.6. The van der Waals surface area contributed by atoms with Gasteiger partial charge in [-0.15, -0.1) is 0 Å². The topological polar surface area (TPSA) is 79.7 Å². The number of piperidine rings is 1. The fourth-order valence-corrected chi connectivity index (χ4v) is 6.86. The summed E-state index contributed by atoms with van der Waals surface area (Å²) >= 11 is 1.09. The Bertz CT molecular complexity index is 1060. The van der Waals surface area contributed by atoms with Crippen LogP contribution in [0.4, 0.5) is 0 Å². The minimum absolute atomic E-state index is 0.0577. The van der Waals surface area contributed by atoms with Gasteiger partial charge < -0.3 is 4.90 Å². The van der Waals surface area contributed by atoms with Gasteiger partial charge in [-0.3, -0.25) is 14.2 Å². The molecule has 7 nitrogen and oxygen atoms in total. The van der Waals surface area contributed by atoms with Gasteiger partial charge in [-0.2, -0.15) is 4.31 Å². The van der Waals surface area contributed by atoms with Crippen LogP contribution >= 0.6 is 11.3 Å². The maximum atomic E-state index is 13.1. The van der Waals surface area contributed by atoms with Crippen LogP contribution in [0, 0.1) is 5.92 Å². The van der Waals surface area contributed by atoms with E-state index in [-0.39, 0.29) is 21.6 Å². The number of fused-ring (bicyclic) bond motifs is 1. The zero-order valence-electron chi connectivity index (χ0n) is 16.7. The number of thiazole rings is 1. The molecule has 29 heavy (non-hydrogen) atoms. The van der Waals surface area contributed by atoms with E-state index in [2.05, 4.69) is 0 Å². The molecule has 0 radical (unpaired) electrons. The van der Waals surface area contributed by atoms with Crippen molar-refractivity contribution in [3.05, 3.63) is 27.9 Å². The van der Waals surface area contributed by atoms with Crippen LogP contribution in [0.5, 0.6) is 0 Å². The molecule has 2 aliphatic heterocycles. The number of aryl methyl sites for hydroxylation is 1. The van der Waals surface area contributed by atoms with Gasteiger partial charge in [0.15, 0.2) is 0 Å². The molecule has 4 rings (SSSR count). The predicted molar refractivity (Wildman–Crippen MR) is 114 cm³/mol. The Kier molecular flexibility index (Phi) is 5.81. The first-order valence-electron chi connectivity index (χ1n) is 10.3. The highest BCUT2D eigenvalue weighted by atomic mass is 32.2. The van der Waals surface area contributed by atoms with Crippen LogP contribution in [0.3, 0.4) is 0 Å². The SMILES string of the molecule is CCCn1c(=O)sc2cc(S(=O)(=O)N3CCC(C(=O)N4CCCC4)CC3)ccc21. The number of likely N-dealkylation sites (tertiary alicyclic amines) is 1. The Labute approximate surface area is 175 Å². The Morgan fingerprint density at radius 3 is 2.48 bits per heavy atom. The van der Waals surface area contributed by atoms with E-state index in [0.29, 0.717) is 37.2 Å². The third-order valence-electron chi connectivity index (χ3n) is 5.95. The molecule has 1 aromatic carbocycles. The lowest BCUT2D eigenvalue weighted by Crippen LogP contribution is -2.43. The largest absolute Gasteiger partial charge is 0.342 e. The number of carbonyl (C=O) groups is 1. The van der Waals surface area contributed by atoms with Crippen molar-refractivity contribution in [1.29, 1.82) is 0 Å². The van der Waals surface area contributed by atoms with Crippen molar-refractivity contribution < 1.29 is 13.2 Å². The standard InChI is InChI=1S/C20H27N3O4S2/c1-2-9-23-17-6-5-16(14-18(17)28-20(23)25)29(26,27)22-12-7-15(8-13-22)19(24)21-10-3-4-11-21/h5-6,14-15H,2-4,7-13H2,1H3. The summed E-state index contributed by atoms with van der Waals surface area (Å²) in [6.07, 6.45) is 4.10. The van der Waals surface area contributed by atoms with E-state index < -0.39 is 10.0 Å². The lowest BCUT2D eigenvalue weighted by Gasteiger charge is -2.32. The summed E-state index contributed by atoms with van der Waals surface area (Å²) in [5, 5.41) is 0. The molecule has 1 aromatic heterocycles. The number of nitrogens with zero attached hydrogens (tertiary/aromatic N) is 3. The molecule has 0 unspecified atom stereocenters. The van der Waals surface area contributed by atoms with Gasteiger partial charge in [-0.1, -0.05) is 18.3 Å². The molecule has 2 saturated heterocycles. The van der Waals surface area contributed by atoms with Crippen molar-refractivity contribution in [3.8, 4) is 0 Å². The number of benzene rings is 1. The van der Waals surface area contributed by atoms with Gasteiger partial charge in [0.2, 0.25) is 15.9 Å². The van der Waals surface area contributed by atoms with Gasteiger partial charge in [0.25, 0.3) is 0 Å². The first-order chi connectivity index (χ1) is 13.9. The van der Waals surface area contributed by atoms with Gasteiger partial charge in [-0.25, -0.2) is 8.42 Å². The van der Waals surface area contributed by atoms with E-state index in [1.807, 2.05) is 11.8 Å². The number of aromatic nitrogens is 1. The number of hydrogen-bond acceptors (Lipinski definition) is 5. The van der Waals surface area contributed by atoms with Crippen LogP contribution < -0.4 is 4.87 Å². The summed E-state index contributed by atoms with van der Waals surface area (Å²) in [5.41, 5.74) is 0.788. The summed E-state index contributed by atoms with van der Waals surface area (Å²) in [6, 6.07) is 4.95. The summed E-state index contributed by atoms with van der Waals surface area (Å²) in [7, 11) is -3.63. The second kappa shape index (κ2) is 8.20. The zero-order valence-corrected chi connectivity index (χ0v) is 18.3. The van der Waals surface area contributed by atoms with Crippen LogP contribution in [-0.2, 0) is 21.4 Å². The van der Waals surface area contributed by atoms with Crippen LogP contribution in [-0.4, -0.2) is 54.3 Å². The molecule has 0 bridgehead atoms. The molecule has 1 amide bonds. The van der Waals surface area contributed by atoms with Crippen LogP contribution in [0.2, 0.25) is 0 Å². The molecule has 2 aromatic rings. The van der Waals surface area contributed by atoms with E-state index in [1.165, 1.54) is 4.31 Å². The van der Waals surface area contributed by atoms with E-state index in [1.54, 1.807) is 22.8 Å². The molecule has 9 heteroatoms. The zero-order chi connectivity index (χ0) is 20.6. The monoisotopic (exact) mass is 437 g/mol. The van der Waals surface area contributed by atoms with Gasteiger partial charge in [0, 0.05) is 38.6 Å². The number of carbonyl (C=O) groups excluding carboxylic acids is 1. The number of sulfonamides is 1. The second-order valence-corrected chi connectivity index (χ2v) is 10.8. The van der Waals surface area contributed by atoms with E-state index in [4.69, 9.17) is 0 Å². The molecule has 2 aliphatic rings. The Morgan fingerprint density at radius 2 is 1.83 bits per heavy atom. The first kappa shape index (κ1) is 20.6. The predicted octanol–water partition coefficient (Wildman–Crippen LogP) is 2.50. The summed E-state index contributed by atoms with van der Waals surface area (Å²) < 4.78 is 30.1. The fourth-order valence-electron chi connectivity index (χ4n) is 4.33. The van der Waals surface area contributed by atoms with Crippen LogP contribution in [0.25, 0.3) is 10.2 Å². The molecular weight excluding hydrogens is 410 g/mol. The third kappa shape index (κ3) is 3.87. The average Bonchev–Trinajstić information content (AvgIpc) is 3.36. The number of rotatable bonds is 5. The van der Waals surface area contributed by atoms with Gasteiger partial charge in [0.05, 0.1) is 15.1 Å². The molecule has 3 heterocycles. The normalized spacial score (nSPS) is 19.3. The Balaban J connectivity index is 1.50. The minimum atomic E-state index is -3.63. The van der Waals surface area contributed by atoms with Crippen LogP contribution in [0.1, 0.15) is 39.0 Å². The lowest BCUT2D eigenvalue weighted by atomic mass is 9.97. The molecular formula is C20H27N3O4S2. The van der Waals surface area contributed by atoms with E-state index in [9.17, 15) is 18.0 Å². The highest BCUT2D eigenvalue weighted by molar-refractivity contribution is 7.89. The highest BCUT2D eigenvalue weighted by Gasteiger charge is 2.34. The molecule has 0 spiro atoms. The lowest BCUT2D eigenvalue weighted by molar-refractivity contribution is -0.135. The van der Waals surface area contributed by atoms with Crippen molar-refractivity contribution in [3.63, 3.8) is 0 Å². The third-order valence-corrected chi connectivity index (χ3v) is 8.78. The van der Waals surface area contributed by atoms with Crippen molar-refractivity contribution in [2.75, 3.05) is 26.2 Å². The smallest absolute Gasteiger partial charge is 0.308 e. The van der Waals surface area contributed by atoms with E-state index >= 15 is 0 Å². The molecule has 0 saturated carbocycles. The Hall–Kier alpha value is -1.71. The van der Waals surface area contributed by atoms with Crippen molar-refractivity contribution in [2.24, 2.45) is 5.92 Å². The molecule has 158 valence electrons. The molecule has 0 aliphatic carbocycles. The summed E-state index contributed by atoms with van der Waals surface area (Å²) in [4.78, 5) is 26.9. The summed E-state index contributed by atoms with van der Waals surface area (Å²) in [5.74, 6) is 0.110. The van der Waals surface area contributed by atoms with E-state index in [0.717, 1.165) is 49.2 Å². The van der Waals surface area contributed by atoms with Crippen molar-refractivity contribution in [1.82, 2.24) is 13.8 Å². The van der Waals surface area contributed by atoms with Crippen molar-refractivity contribution in [2.45, 2.75) is 50.5 Å². The highest BCUT2D eigenvalue weighted by Crippen LogP contribution is 2.28. The second-order valence-electron chi connectivity index (χ2n) is 7.86. The molecule has 2 fully saturated rings. The fraction of sp³-hybridized carbons (Fsp3) is 0.600. The van der Waals surface area contributed by atoms with Gasteiger partial charge in [-0.05, 0) is 50.3 Å². The Morgan fingerprint density at radius 1 is 1.14 bits per heavy atom. The average molecular weight is 438 g/mol. The minimum Gasteiger partial charge on any atom is -0.342 e. The maximum absolute atomic E-state index is 13.1. The van der Waals surface area contributed by atoms with Crippen molar-refractivity contribution >= 4 is 37.5 Å². The molecule has 0 N–H and O–H groups in total.